The Hall–Kier alpha value is -0.300. The van der Waals surface area contributed by atoms with Crippen molar-refractivity contribution in [2.24, 2.45) is 0 Å². The first-order chi connectivity index (χ1) is 4.99. The lowest BCUT2D eigenvalue weighted by molar-refractivity contribution is -0.0409. The van der Waals surface area contributed by atoms with Crippen LogP contribution in [-0.2, 0) is 4.74 Å². The van der Waals surface area contributed by atoms with Crippen molar-refractivity contribution in [1.29, 1.82) is 0 Å². The Morgan fingerprint density at radius 3 is 2.27 bits per heavy atom. The predicted octanol–water partition coefficient (Wildman–Crippen LogP) is 3.16. The van der Waals surface area contributed by atoms with E-state index >= 15 is 0 Å². The lowest BCUT2D eigenvalue weighted by Crippen LogP contribution is -2.25. The van der Waals surface area contributed by atoms with E-state index in [1.807, 2.05) is 6.08 Å². The van der Waals surface area contributed by atoms with E-state index in [2.05, 4.69) is 34.3 Å². The van der Waals surface area contributed by atoms with Gasteiger partial charge in [0.15, 0.2) is 0 Å². The summed E-state index contributed by atoms with van der Waals surface area (Å²) in [6.07, 6.45) is 4.32. The Kier molecular flexibility index (Phi) is 4.43. The molecule has 0 aromatic heterocycles. The maximum Gasteiger partial charge on any atom is 0.0760 e. The third kappa shape index (κ3) is 6.11. The fraction of sp³-hybridized carbons (Fsp3) is 0.800. The summed E-state index contributed by atoms with van der Waals surface area (Å²) in [6.45, 7) is 12.1. The molecule has 0 aliphatic carbocycles. The Labute approximate surface area is 70.4 Å². The molecule has 66 valence electrons. The van der Waals surface area contributed by atoms with Gasteiger partial charge in [-0.25, -0.2) is 0 Å². The number of ether oxygens (including phenoxy) is 1. The van der Waals surface area contributed by atoms with Crippen LogP contribution < -0.4 is 0 Å². The van der Waals surface area contributed by atoms with E-state index < -0.39 is 0 Å². The largest absolute Gasteiger partial charge is 0.369 e. The van der Waals surface area contributed by atoms with Crippen LogP contribution in [0.3, 0.4) is 0 Å². The maximum atomic E-state index is 5.71. The van der Waals surface area contributed by atoms with E-state index in [1.54, 1.807) is 0 Å². The van der Waals surface area contributed by atoms with Gasteiger partial charge in [0, 0.05) is 0 Å². The molecule has 1 nitrogen and oxygen atoms in total. The van der Waals surface area contributed by atoms with Crippen molar-refractivity contribution in [2.45, 2.75) is 52.2 Å². The van der Waals surface area contributed by atoms with Crippen LogP contribution in [-0.4, -0.2) is 11.7 Å². The highest BCUT2D eigenvalue weighted by molar-refractivity contribution is 4.81. The fourth-order valence-corrected chi connectivity index (χ4v) is 0.964. The minimum atomic E-state index is -0.0476. The van der Waals surface area contributed by atoms with Gasteiger partial charge in [-0.3, -0.25) is 0 Å². The first-order valence-electron chi connectivity index (χ1n) is 4.30. The van der Waals surface area contributed by atoms with Crippen molar-refractivity contribution < 1.29 is 4.74 Å². The zero-order valence-electron chi connectivity index (χ0n) is 8.18. The van der Waals surface area contributed by atoms with Crippen LogP contribution in [0, 0.1) is 0 Å². The van der Waals surface area contributed by atoms with Gasteiger partial charge in [-0.05, 0) is 27.2 Å². The molecule has 0 rings (SSSR count). The molecule has 1 atom stereocenters. The van der Waals surface area contributed by atoms with Gasteiger partial charge in [0.05, 0.1) is 11.7 Å². The molecular formula is C10H20O. The minimum absolute atomic E-state index is 0.0476. The molecule has 0 radical (unpaired) electrons. The second-order valence-electron chi connectivity index (χ2n) is 3.79. The first-order valence-corrected chi connectivity index (χ1v) is 4.30. The molecule has 0 fully saturated rings. The minimum Gasteiger partial charge on any atom is -0.369 e. The molecule has 1 heteroatoms. The summed E-state index contributed by atoms with van der Waals surface area (Å²) in [5, 5.41) is 0. The lowest BCUT2D eigenvalue weighted by Gasteiger charge is -2.25. The van der Waals surface area contributed by atoms with Crippen molar-refractivity contribution in [2.75, 3.05) is 0 Å². The van der Waals surface area contributed by atoms with Crippen LogP contribution in [0.1, 0.15) is 40.5 Å². The van der Waals surface area contributed by atoms with Gasteiger partial charge < -0.3 is 4.74 Å². The molecule has 0 aromatic rings. The van der Waals surface area contributed by atoms with E-state index in [0.29, 0.717) is 0 Å². The summed E-state index contributed by atoms with van der Waals surface area (Å²) in [5.74, 6) is 0. The second-order valence-corrected chi connectivity index (χ2v) is 3.79. The fourth-order valence-electron chi connectivity index (χ4n) is 0.964. The quantitative estimate of drug-likeness (QED) is 0.568. The molecule has 0 saturated carbocycles. The smallest absolute Gasteiger partial charge is 0.0760 e. The van der Waals surface area contributed by atoms with Crippen molar-refractivity contribution in [3.05, 3.63) is 12.7 Å². The summed E-state index contributed by atoms with van der Waals surface area (Å²) in [6, 6.07) is 0. The van der Waals surface area contributed by atoms with Crippen molar-refractivity contribution in [3.63, 3.8) is 0 Å². The van der Waals surface area contributed by atoms with Gasteiger partial charge in [-0.1, -0.05) is 19.4 Å². The highest BCUT2D eigenvalue weighted by atomic mass is 16.5. The van der Waals surface area contributed by atoms with E-state index in [-0.39, 0.29) is 11.7 Å². The van der Waals surface area contributed by atoms with E-state index in [4.69, 9.17) is 4.74 Å². The molecule has 0 saturated heterocycles. The molecule has 0 amide bonds. The SMILES string of the molecule is C=CC(CCC)OC(C)(C)C. The maximum absolute atomic E-state index is 5.71. The molecule has 1 unspecified atom stereocenters. The van der Waals surface area contributed by atoms with Gasteiger partial charge in [0.1, 0.15) is 0 Å². The van der Waals surface area contributed by atoms with Crippen LogP contribution in [0.4, 0.5) is 0 Å². The highest BCUT2D eigenvalue weighted by Crippen LogP contribution is 2.14. The third-order valence-electron chi connectivity index (χ3n) is 1.34. The number of hydrogen-bond donors (Lipinski definition) is 0. The van der Waals surface area contributed by atoms with Gasteiger partial charge in [-0.2, -0.15) is 0 Å². The van der Waals surface area contributed by atoms with E-state index in [1.165, 1.54) is 0 Å². The molecule has 0 aliphatic rings. The van der Waals surface area contributed by atoms with Crippen molar-refractivity contribution in [3.8, 4) is 0 Å². The Morgan fingerprint density at radius 1 is 1.45 bits per heavy atom. The summed E-state index contributed by atoms with van der Waals surface area (Å²) >= 11 is 0. The van der Waals surface area contributed by atoms with Crippen LogP contribution in [0.25, 0.3) is 0 Å². The zero-order valence-corrected chi connectivity index (χ0v) is 8.18. The summed E-state index contributed by atoms with van der Waals surface area (Å²) in [4.78, 5) is 0. The van der Waals surface area contributed by atoms with Crippen molar-refractivity contribution >= 4 is 0 Å². The molecule has 0 aliphatic heterocycles. The number of rotatable bonds is 4. The molecule has 0 heterocycles. The average Bonchev–Trinajstić information content (AvgIpc) is 1.84. The summed E-state index contributed by atoms with van der Waals surface area (Å²) < 4.78 is 5.71. The van der Waals surface area contributed by atoms with Gasteiger partial charge in [0.25, 0.3) is 0 Å². The van der Waals surface area contributed by atoms with Crippen LogP contribution in [0.2, 0.25) is 0 Å². The highest BCUT2D eigenvalue weighted by Gasteiger charge is 2.14. The summed E-state index contributed by atoms with van der Waals surface area (Å²) in [7, 11) is 0. The molecule has 0 bridgehead atoms. The van der Waals surface area contributed by atoms with Gasteiger partial charge in [0.2, 0.25) is 0 Å². The average molecular weight is 156 g/mol. The molecule has 0 aromatic carbocycles. The molecule has 0 spiro atoms. The lowest BCUT2D eigenvalue weighted by atomic mass is 10.1. The third-order valence-corrected chi connectivity index (χ3v) is 1.34. The molecular weight excluding hydrogens is 136 g/mol. The monoisotopic (exact) mass is 156 g/mol. The Morgan fingerprint density at radius 2 is 2.00 bits per heavy atom. The van der Waals surface area contributed by atoms with Gasteiger partial charge >= 0.3 is 0 Å². The Balaban J connectivity index is 3.77. The predicted molar refractivity (Wildman–Crippen MR) is 49.7 cm³/mol. The summed E-state index contributed by atoms with van der Waals surface area (Å²) in [5.41, 5.74) is -0.0476. The van der Waals surface area contributed by atoms with Crippen LogP contribution in [0.5, 0.6) is 0 Å². The normalized spacial score (nSPS) is 14.5. The van der Waals surface area contributed by atoms with Crippen LogP contribution >= 0.6 is 0 Å². The number of hydrogen-bond acceptors (Lipinski definition) is 1. The van der Waals surface area contributed by atoms with Crippen LogP contribution in [0.15, 0.2) is 12.7 Å². The molecule has 11 heavy (non-hydrogen) atoms. The van der Waals surface area contributed by atoms with Gasteiger partial charge in [-0.15, -0.1) is 6.58 Å². The van der Waals surface area contributed by atoms with Crippen molar-refractivity contribution in [1.82, 2.24) is 0 Å². The zero-order chi connectivity index (χ0) is 8.91. The van der Waals surface area contributed by atoms with E-state index in [0.717, 1.165) is 12.8 Å². The second kappa shape index (κ2) is 4.55. The Bertz CT molecular complexity index is 111. The topological polar surface area (TPSA) is 9.23 Å². The molecule has 0 N–H and O–H groups in total. The van der Waals surface area contributed by atoms with E-state index in [9.17, 15) is 0 Å². The standard InChI is InChI=1S/C10H20O/c1-6-8-9(7-2)11-10(3,4)5/h7,9H,2,6,8H2,1,3-5H3. The first kappa shape index (κ1) is 10.7.